The molecule has 1 N–H and O–H groups in total. The maximum absolute atomic E-state index is 12.9. The summed E-state index contributed by atoms with van der Waals surface area (Å²) in [5, 5.41) is 15.1. The van der Waals surface area contributed by atoms with Gasteiger partial charge in [-0.2, -0.15) is 10.1 Å². The van der Waals surface area contributed by atoms with E-state index in [2.05, 4.69) is 33.2 Å². The number of benzene rings is 1. The van der Waals surface area contributed by atoms with Gasteiger partial charge < -0.3 is 9.84 Å². The molecular weight excluding hydrogens is 400 g/mol. The highest BCUT2D eigenvalue weighted by Gasteiger charge is 2.67. The average molecular weight is 417 g/mol. The van der Waals surface area contributed by atoms with Gasteiger partial charge in [-0.1, -0.05) is 12.2 Å². The molecule has 134 valence electrons. The molecule has 3 fully saturated rings. The first-order valence-electron chi connectivity index (χ1n) is 8.68. The molecule has 6 nitrogen and oxygen atoms in total. The smallest absolute Gasteiger partial charge is 0.254 e. The topological polar surface area (TPSA) is 79.2 Å². The van der Waals surface area contributed by atoms with Crippen LogP contribution >= 0.6 is 15.9 Å². The van der Waals surface area contributed by atoms with Crippen LogP contribution in [0.25, 0.3) is 0 Å². The maximum atomic E-state index is 12.9. The lowest BCUT2D eigenvalue weighted by Crippen LogP contribution is -2.40. The number of imide groups is 1. The predicted octanol–water partition coefficient (Wildman–Crippen LogP) is 2.55. The number of aromatic hydroxyl groups is 1. The first kappa shape index (κ1) is 16.1. The second-order valence-corrected chi connectivity index (χ2v) is 8.30. The van der Waals surface area contributed by atoms with E-state index >= 15 is 0 Å². The largest absolute Gasteiger partial charge is 0.503 e. The minimum Gasteiger partial charge on any atom is -0.503 e. The molecule has 2 amide bonds. The zero-order valence-electron chi connectivity index (χ0n) is 14.0. The summed E-state index contributed by atoms with van der Waals surface area (Å²) < 4.78 is 5.57. The van der Waals surface area contributed by atoms with Crippen molar-refractivity contribution in [1.29, 1.82) is 0 Å². The number of hydrogen-bond donors (Lipinski definition) is 1. The lowest BCUT2D eigenvalue weighted by atomic mass is 9.63. The third-order valence-corrected chi connectivity index (χ3v) is 6.84. The second kappa shape index (κ2) is 5.42. The molecule has 1 aromatic carbocycles. The number of ether oxygens (including phenoxy) is 1. The summed E-state index contributed by atoms with van der Waals surface area (Å²) >= 11 is 3.25. The summed E-state index contributed by atoms with van der Waals surface area (Å²) in [6, 6.07) is 3.25. The van der Waals surface area contributed by atoms with Crippen molar-refractivity contribution in [2.75, 3.05) is 7.11 Å². The fourth-order valence-electron chi connectivity index (χ4n) is 5.00. The SMILES string of the molecule is COc1cc(/C=N/N2C(=O)[C@H]3[C@@H]4C=C[C@H]([C@H]5C[C@H]45)[C@@H]3C2=O)cc(Br)c1O. The molecule has 1 aliphatic heterocycles. The van der Waals surface area contributed by atoms with Crippen LogP contribution in [-0.2, 0) is 9.59 Å². The number of hydrazone groups is 1. The molecule has 7 heteroatoms. The van der Waals surface area contributed by atoms with Crippen molar-refractivity contribution < 1.29 is 19.4 Å². The number of rotatable bonds is 3. The van der Waals surface area contributed by atoms with Crippen LogP contribution < -0.4 is 4.74 Å². The number of phenols is 1. The molecule has 0 spiro atoms. The van der Waals surface area contributed by atoms with E-state index in [9.17, 15) is 14.7 Å². The molecule has 6 rings (SSSR count). The standard InChI is InChI=1S/C19H17BrN2O4/c1-26-14-5-8(4-13(20)17(14)23)7-21-22-18(24)15-9-2-3-10(12-6-11(9)12)16(15)19(22)25/h2-5,7,9-12,15-16,23H,6H2,1H3/b21-7+/t9-,10-,11-,12-,15+,16+/m1/s1. The van der Waals surface area contributed by atoms with Crippen molar-refractivity contribution >= 4 is 34.0 Å². The Kier molecular flexibility index (Phi) is 3.35. The van der Waals surface area contributed by atoms with Gasteiger partial charge in [0.1, 0.15) is 0 Å². The fourth-order valence-corrected chi connectivity index (χ4v) is 5.46. The van der Waals surface area contributed by atoms with Gasteiger partial charge in [-0.05, 0) is 63.7 Å². The number of allylic oxidation sites excluding steroid dienone is 2. The third-order valence-electron chi connectivity index (χ3n) is 6.23. The van der Waals surface area contributed by atoms with Crippen molar-refractivity contribution in [3.63, 3.8) is 0 Å². The zero-order chi connectivity index (χ0) is 18.2. The van der Waals surface area contributed by atoms with Gasteiger partial charge in [0.15, 0.2) is 11.5 Å². The molecule has 1 saturated heterocycles. The number of carbonyl (C=O) groups is 2. The lowest BCUT2D eigenvalue weighted by molar-refractivity contribution is -0.140. The third kappa shape index (κ3) is 2.06. The van der Waals surface area contributed by atoms with E-state index in [4.69, 9.17) is 4.74 Å². The number of phenolic OH excluding ortho intramolecular Hbond substituents is 1. The molecule has 2 bridgehead atoms. The van der Waals surface area contributed by atoms with Gasteiger partial charge >= 0.3 is 0 Å². The van der Waals surface area contributed by atoms with Crippen LogP contribution in [0.3, 0.4) is 0 Å². The van der Waals surface area contributed by atoms with E-state index in [1.54, 1.807) is 12.1 Å². The summed E-state index contributed by atoms with van der Waals surface area (Å²) in [5.41, 5.74) is 0.617. The maximum Gasteiger partial charge on any atom is 0.254 e. The molecule has 4 aliphatic carbocycles. The molecule has 1 heterocycles. The molecule has 5 aliphatic rings. The number of carbonyl (C=O) groups excluding carboxylic acids is 2. The van der Waals surface area contributed by atoms with Crippen molar-refractivity contribution in [3.8, 4) is 11.5 Å². The Hall–Kier alpha value is -2.15. The van der Waals surface area contributed by atoms with Crippen LogP contribution in [0.15, 0.2) is 33.9 Å². The number of methoxy groups -OCH3 is 1. The molecule has 0 aromatic heterocycles. The molecular formula is C19H17BrN2O4. The Balaban J connectivity index is 1.44. The Morgan fingerprint density at radius 2 is 1.81 bits per heavy atom. The number of halogens is 1. The van der Waals surface area contributed by atoms with Crippen LogP contribution in [0.5, 0.6) is 11.5 Å². The highest BCUT2D eigenvalue weighted by molar-refractivity contribution is 9.10. The van der Waals surface area contributed by atoms with Crippen molar-refractivity contribution in [3.05, 3.63) is 34.3 Å². The number of hydrogen-bond acceptors (Lipinski definition) is 5. The van der Waals surface area contributed by atoms with Gasteiger partial charge in [0, 0.05) is 0 Å². The van der Waals surface area contributed by atoms with Gasteiger partial charge in [0.2, 0.25) is 0 Å². The molecule has 0 unspecified atom stereocenters. The first-order valence-corrected chi connectivity index (χ1v) is 9.47. The van der Waals surface area contributed by atoms with Crippen LogP contribution in [0.4, 0.5) is 0 Å². The van der Waals surface area contributed by atoms with E-state index in [1.165, 1.54) is 13.3 Å². The zero-order valence-corrected chi connectivity index (χ0v) is 15.6. The van der Waals surface area contributed by atoms with E-state index in [1.807, 2.05) is 0 Å². The predicted molar refractivity (Wildman–Crippen MR) is 96.5 cm³/mol. The molecule has 1 aromatic rings. The van der Waals surface area contributed by atoms with Gasteiger partial charge in [-0.15, -0.1) is 0 Å². The van der Waals surface area contributed by atoms with Gasteiger partial charge in [-0.25, -0.2) is 0 Å². The van der Waals surface area contributed by atoms with Crippen LogP contribution in [-0.4, -0.2) is 35.3 Å². The van der Waals surface area contributed by atoms with E-state index in [-0.39, 0.29) is 47.0 Å². The molecule has 0 radical (unpaired) electrons. The quantitative estimate of drug-likeness (QED) is 0.466. The molecule has 6 atom stereocenters. The summed E-state index contributed by atoms with van der Waals surface area (Å²) in [7, 11) is 1.45. The second-order valence-electron chi connectivity index (χ2n) is 7.44. The summed E-state index contributed by atoms with van der Waals surface area (Å²) in [6.07, 6.45) is 6.87. The van der Waals surface area contributed by atoms with Gasteiger partial charge in [0.05, 0.1) is 29.6 Å². The van der Waals surface area contributed by atoms with Crippen molar-refractivity contribution in [1.82, 2.24) is 5.01 Å². The first-order chi connectivity index (χ1) is 12.5. The Bertz CT molecular complexity index is 860. The van der Waals surface area contributed by atoms with Crippen LogP contribution in [0.1, 0.15) is 12.0 Å². The lowest BCUT2D eigenvalue weighted by Gasteiger charge is -2.37. The summed E-state index contributed by atoms with van der Waals surface area (Å²) in [5.74, 6) is 0.926. The Morgan fingerprint density at radius 3 is 2.38 bits per heavy atom. The van der Waals surface area contributed by atoms with Gasteiger partial charge in [-0.3, -0.25) is 9.59 Å². The highest BCUT2D eigenvalue weighted by atomic mass is 79.9. The minimum atomic E-state index is -0.250. The van der Waals surface area contributed by atoms with Gasteiger partial charge in [0.25, 0.3) is 11.8 Å². The summed E-state index contributed by atoms with van der Waals surface area (Å²) in [6.45, 7) is 0. The number of nitrogens with zero attached hydrogens (tertiary/aromatic N) is 2. The van der Waals surface area contributed by atoms with Crippen molar-refractivity contribution in [2.45, 2.75) is 6.42 Å². The fraction of sp³-hybridized carbons (Fsp3) is 0.421. The number of amides is 2. The van der Waals surface area contributed by atoms with Crippen molar-refractivity contribution in [2.24, 2.45) is 40.6 Å². The van der Waals surface area contributed by atoms with Crippen LogP contribution in [0.2, 0.25) is 0 Å². The average Bonchev–Trinajstić information content (AvgIpc) is 3.41. The molecule has 26 heavy (non-hydrogen) atoms. The van der Waals surface area contributed by atoms with E-state index in [0.29, 0.717) is 21.9 Å². The highest BCUT2D eigenvalue weighted by Crippen LogP contribution is 2.65. The van der Waals surface area contributed by atoms with Crippen LogP contribution in [0, 0.1) is 35.5 Å². The normalized spacial score (nSPS) is 36.6. The van der Waals surface area contributed by atoms with E-state index in [0.717, 1.165) is 11.4 Å². The minimum absolute atomic E-state index is 0.00845. The Labute approximate surface area is 158 Å². The van der Waals surface area contributed by atoms with E-state index < -0.39 is 0 Å². The molecule has 2 saturated carbocycles. The monoisotopic (exact) mass is 416 g/mol. The Morgan fingerprint density at radius 1 is 1.19 bits per heavy atom. The summed E-state index contributed by atoms with van der Waals surface area (Å²) in [4.78, 5) is 25.7.